The Balaban J connectivity index is 1.52. The number of benzene rings is 1. The van der Waals surface area contributed by atoms with E-state index in [2.05, 4.69) is 46.1 Å². The lowest BCUT2D eigenvalue weighted by Gasteiger charge is -2.32. The van der Waals surface area contributed by atoms with Gasteiger partial charge in [0.2, 0.25) is 0 Å². The van der Waals surface area contributed by atoms with Crippen LogP contribution in [0.5, 0.6) is 0 Å². The van der Waals surface area contributed by atoms with Crippen molar-refractivity contribution in [3.8, 4) is 0 Å². The third kappa shape index (κ3) is 3.35. The standard InChI is InChI=1S/C17H23N3/c1-19-9-11-20(12-10-19)8-4-5-15-13-16-6-2-3-7-17(16)18-14-15/h2-3,6-7,13-14H,4-5,8-12H2,1H3. The second kappa shape index (κ2) is 6.33. The zero-order valence-electron chi connectivity index (χ0n) is 12.3. The van der Waals surface area contributed by atoms with E-state index in [4.69, 9.17) is 0 Å². The number of hydrogen-bond donors (Lipinski definition) is 0. The van der Waals surface area contributed by atoms with E-state index < -0.39 is 0 Å². The smallest absolute Gasteiger partial charge is 0.0702 e. The molecular weight excluding hydrogens is 246 g/mol. The van der Waals surface area contributed by atoms with Crippen LogP contribution in [0.25, 0.3) is 10.9 Å². The number of aryl methyl sites for hydroxylation is 1. The maximum atomic E-state index is 4.54. The summed E-state index contributed by atoms with van der Waals surface area (Å²) in [6.07, 6.45) is 4.39. The average molecular weight is 269 g/mol. The summed E-state index contributed by atoms with van der Waals surface area (Å²) in [4.78, 5) is 9.52. The van der Waals surface area contributed by atoms with Gasteiger partial charge in [0.15, 0.2) is 0 Å². The summed E-state index contributed by atoms with van der Waals surface area (Å²) < 4.78 is 0. The number of nitrogens with zero attached hydrogens (tertiary/aromatic N) is 3. The van der Waals surface area contributed by atoms with Crippen LogP contribution in [0, 0.1) is 0 Å². The molecule has 2 heterocycles. The van der Waals surface area contributed by atoms with Gasteiger partial charge in [0.05, 0.1) is 5.52 Å². The fourth-order valence-electron chi connectivity index (χ4n) is 2.83. The molecule has 2 aromatic rings. The third-order valence-electron chi connectivity index (χ3n) is 4.18. The van der Waals surface area contributed by atoms with Gasteiger partial charge in [0.25, 0.3) is 0 Å². The van der Waals surface area contributed by atoms with Gasteiger partial charge >= 0.3 is 0 Å². The number of aromatic nitrogens is 1. The van der Waals surface area contributed by atoms with Crippen molar-refractivity contribution in [1.29, 1.82) is 0 Å². The summed E-state index contributed by atoms with van der Waals surface area (Å²) in [5.41, 5.74) is 2.45. The van der Waals surface area contributed by atoms with Gasteiger partial charge < -0.3 is 9.80 Å². The van der Waals surface area contributed by atoms with Gasteiger partial charge in [-0.2, -0.15) is 0 Å². The maximum Gasteiger partial charge on any atom is 0.0702 e. The molecule has 0 radical (unpaired) electrons. The Morgan fingerprint density at radius 1 is 1.10 bits per heavy atom. The first-order chi connectivity index (χ1) is 9.81. The largest absolute Gasteiger partial charge is 0.304 e. The van der Waals surface area contributed by atoms with E-state index in [-0.39, 0.29) is 0 Å². The van der Waals surface area contributed by atoms with Gasteiger partial charge in [-0.15, -0.1) is 0 Å². The van der Waals surface area contributed by atoms with Crippen LogP contribution in [0.3, 0.4) is 0 Å². The number of piperazine rings is 1. The van der Waals surface area contributed by atoms with Crippen LogP contribution in [-0.4, -0.2) is 54.6 Å². The van der Waals surface area contributed by atoms with Crippen molar-refractivity contribution in [3.63, 3.8) is 0 Å². The van der Waals surface area contributed by atoms with Gasteiger partial charge in [-0.1, -0.05) is 18.2 Å². The van der Waals surface area contributed by atoms with Crippen LogP contribution in [0.4, 0.5) is 0 Å². The first-order valence-corrected chi connectivity index (χ1v) is 7.56. The van der Waals surface area contributed by atoms with Crippen LogP contribution in [0.1, 0.15) is 12.0 Å². The fraction of sp³-hybridized carbons (Fsp3) is 0.471. The van der Waals surface area contributed by atoms with E-state index in [1.54, 1.807) is 0 Å². The van der Waals surface area contributed by atoms with Crippen LogP contribution >= 0.6 is 0 Å². The summed E-state index contributed by atoms with van der Waals surface area (Å²) in [7, 11) is 2.21. The summed E-state index contributed by atoms with van der Waals surface area (Å²) in [5, 5.41) is 1.25. The van der Waals surface area contributed by atoms with Crippen LogP contribution in [0.2, 0.25) is 0 Å². The fourth-order valence-corrected chi connectivity index (χ4v) is 2.83. The van der Waals surface area contributed by atoms with E-state index in [0.717, 1.165) is 11.9 Å². The number of hydrogen-bond acceptors (Lipinski definition) is 3. The minimum absolute atomic E-state index is 1.09. The molecule has 0 amide bonds. The monoisotopic (exact) mass is 269 g/mol. The van der Waals surface area contributed by atoms with Crippen LogP contribution in [-0.2, 0) is 6.42 Å². The van der Waals surface area contributed by atoms with E-state index >= 15 is 0 Å². The molecule has 106 valence electrons. The highest BCUT2D eigenvalue weighted by molar-refractivity contribution is 5.78. The molecule has 3 nitrogen and oxygen atoms in total. The van der Waals surface area contributed by atoms with Crippen molar-refractivity contribution in [2.24, 2.45) is 0 Å². The molecule has 1 aromatic carbocycles. The van der Waals surface area contributed by atoms with Crippen molar-refractivity contribution in [2.45, 2.75) is 12.8 Å². The molecule has 1 aliphatic heterocycles. The number of pyridine rings is 1. The highest BCUT2D eigenvalue weighted by Crippen LogP contribution is 2.14. The molecule has 0 atom stereocenters. The molecule has 0 saturated carbocycles. The molecule has 3 heteroatoms. The van der Waals surface area contributed by atoms with E-state index in [1.807, 2.05) is 12.3 Å². The average Bonchev–Trinajstić information content (AvgIpc) is 2.49. The first kappa shape index (κ1) is 13.5. The zero-order valence-corrected chi connectivity index (χ0v) is 12.3. The molecule has 1 fully saturated rings. The highest BCUT2D eigenvalue weighted by Gasteiger charge is 2.12. The SMILES string of the molecule is CN1CCN(CCCc2cnc3ccccc3c2)CC1. The summed E-state index contributed by atoms with van der Waals surface area (Å²) >= 11 is 0. The van der Waals surface area contributed by atoms with Crippen LogP contribution < -0.4 is 0 Å². The Hall–Kier alpha value is -1.45. The van der Waals surface area contributed by atoms with Gasteiger partial charge in [-0.25, -0.2) is 0 Å². The van der Waals surface area contributed by atoms with Crippen molar-refractivity contribution >= 4 is 10.9 Å². The predicted molar refractivity (Wildman–Crippen MR) is 84.0 cm³/mol. The Kier molecular flexibility index (Phi) is 4.28. The lowest BCUT2D eigenvalue weighted by molar-refractivity contribution is 0.153. The van der Waals surface area contributed by atoms with Gasteiger partial charge in [0, 0.05) is 37.8 Å². The quantitative estimate of drug-likeness (QED) is 0.850. The summed E-state index contributed by atoms with van der Waals surface area (Å²) in [6, 6.07) is 10.6. The maximum absolute atomic E-state index is 4.54. The number of para-hydroxylation sites is 1. The molecule has 0 spiro atoms. The molecule has 20 heavy (non-hydrogen) atoms. The second-order valence-corrected chi connectivity index (χ2v) is 5.78. The zero-order chi connectivity index (χ0) is 13.8. The van der Waals surface area contributed by atoms with Crippen molar-refractivity contribution < 1.29 is 0 Å². The summed E-state index contributed by atoms with van der Waals surface area (Å²) in [6.45, 7) is 6.05. The molecule has 0 unspecified atom stereocenters. The van der Waals surface area contributed by atoms with Crippen molar-refractivity contribution in [2.75, 3.05) is 39.8 Å². The topological polar surface area (TPSA) is 19.4 Å². The van der Waals surface area contributed by atoms with E-state index in [1.165, 1.54) is 50.1 Å². The predicted octanol–water partition coefficient (Wildman–Crippen LogP) is 2.41. The van der Waals surface area contributed by atoms with Gasteiger partial charge in [0.1, 0.15) is 0 Å². The van der Waals surface area contributed by atoms with E-state index in [9.17, 15) is 0 Å². The minimum Gasteiger partial charge on any atom is -0.304 e. The number of rotatable bonds is 4. The molecule has 3 rings (SSSR count). The minimum atomic E-state index is 1.09. The van der Waals surface area contributed by atoms with E-state index in [0.29, 0.717) is 0 Å². The third-order valence-corrected chi connectivity index (χ3v) is 4.18. The molecule has 0 aliphatic carbocycles. The Labute approximate surface area is 121 Å². The number of fused-ring (bicyclic) bond motifs is 1. The molecule has 1 aliphatic rings. The molecule has 1 aromatic heterocycles. The first-order valence-electron chi connectivity index (χ1n) is 7.56. The Morgan fingerprint density at radius 3 is 2.75 bits per heavy atom. The molecular formula is C17H23N3. The normalized spacial score (nSPS) is 17.6. The second-order valence-electron chi connectivity index (χ2n) is 5.78. The van der Waals surface area contributed by atoms with Crippen molar-refractivity contribution in [1.82, 2.24) is 14.8 Å². The molecule has 0 bridgehead atoms. The highest BCUT2D eigenvalue weighted by atomic mass is 15.2. The number of likely N-dealkylation sites (N-methyl/N-ethyl adjacent to an activating group) is 1. The lowest BCUT2D eigenvalue weighted by Crippen LogP contribution is -2.44. The lowest BCUT2D eigenvalue weighted by atomic mass is 10.1. The Morgan fingerprint density at radius 2 is 1.90 bits per heavy atom. The van der Waals surface area contributed by atoms with Crippen LogP contribution in [0.15, 0.2) is 36.5 Å². The summed E-state index contributed by atoms with van der Waals surface area (Å²) in [5.74, 6) is 0. The van der Waals surface area contributed by atoms with Gasteiger partial charge in [-0.3, -0.25) is 4.98 Å². The van der Waals surface area contributed by atoms with Gasteiger partial charge in [-0.05, 0) is 44.1 Å². The van der Waals surface area contributed by atoms with Crippen molar-refractivity contribution in [3.05, 3.63) is 42.1 Å². The molecule has 1 saturated heterocycles. The molecule has 0 N–H and O–H groups in total. The Bertz CT molecular complexity index is 559.